The number of carboxylic acids is 1. The number of aliphatic carboxylic acids is 1. The lowest BCUT2D eigenvalue weighted by molar-refractivity contribution is -0.150. The number of hydrogen-bond donors (Lipinski definition) is 1. The lowest BCUT2D eigenvalue weighted by Crippen LogP contribution is -2.18. The molecule has 49 heavy (non-hydrogen) atoms. The number of allylic oxidation sites excluding steroid dienone is 2. The van der Waals surface area contributed by atoms with Gasteiger partial charge in [0.25, 0.3) is 0 Å². The molecular weight excluding hydrogens is 604 g/mol. The van der Waals surface area contributed by atoms with Gasteiger partial charge in [0.15, 0.2) is 0 Å². The fourth-order valence-electron chi connectivity index (χ4n) is 6.95. The van der Waals surface area contributed by atoms with E-state index in [2.05, 4.69) is 26.0 Å². The van der Waals surface area contributed by atoms with Crippen molar-refractivity contribution in [1.82, 2.24) is 0 Å². The zero-order valence-electron chi connectivity index (χ0n) is 33.3. The van der Waals surface area contributed by atoms with Crippen LogP contribution in [0.25, 0.3) is 0 Å². The van der Waals surface area contributed by atoms with Gasteiger partial charge in [-0.3, -0.25) is 9.59 Å². The minimum Gasteiger partial charge on any atom is -0.481 e. The summed E-state index contributed by atoms with van der Waals surface area (Å²) in [6.07, 6.45) is 51.1. The summed E-state index contributed by atoms with van der Waals surface area (Å²) in [6, 6.07) is 0. The average molecular weight is 691 g/mol. The van der Waals surface area contributed by atoms with Crippen molar-refractivity contribution >= 4 is 11.9 Å². The number of carboxylic acid groups (broad SMARTS) is 1. The molecule has 0 rings (SSSR count). The van der Waals surface area contributed by atoms with Gasteiger partial charge in [-0.05, 0) is 57.8 Å². The number of rotatable bonds is 41. The number of esters is 1. The van der Waals surface area contributed by atoms with E-state index in [-0.39, 0.29) is 18.5 Å². The van der Waals surface area contributed by atoms with E-state index < -0.39 is 5.97 Å². The van der Waals surface area contributed by atoms with Gasteiger partial charge in [0.1, 0.15) is 6.10 Å². The molecule has 0 aliphatic carbocycles. The van der Waals surface area contributed by atoms with Crippen molar-refractivity contribution in [3.05, 3.63) is 12.2 Å². The fraction of sp³-hybridized carbons (Fsp3) is 0.911. The molecule has 1 atom stereocenters. The molecule has 0 saturated heterocycles. The Balaban J connectivity index is 3.90. The van der Waals surface area contributed by atoms with Crippen LogP contribution < -0.4 is 0 Å². The molecule has 0 saturated carbocycles. The Kier molecular flexibility index (Phi) is 40.0. The molecule has 4 nitrogen and oxygen atoms in total. The predicted molar refractivity (Wildman–Crippen MR) is 213 cm³/mol. The molecule has 0 aromatic rings. The maximum atomic E-state index is 12.7. The summed E-state index contributed by atoms with van der Waals surface area (Å²) >= 11 is 0. The molecule has 0 heterocycles. The van der Waals surface area contributed by atoms with Crippen LogP contribution in [0, 0.1) is 0 Å². The minimum atomic E-state index is -0.701. The second kappa shape index (κ2) is 41.1. The van der Waals surface area contributed by atoms with Crippen molar-refractivity contribution in [3.8, 4) is 0 Å². The van der Waals surface area contributed by atoms with Gasteiger partial charge < -0.3 is 9.84 Å². The highest BCUT2D eigenvalue weighted by Gasteiger charge is 2.14. The van der Waals surface area contributed by atoms with E-state index in [4.69, 9.17) is 9.84 Å². The summed E-state index contributed by atoms with van der Waals surface area (Å²) in [5.41, 5.74) is 0. The minimum absolute atomic E-state index is 0.00696. The van der Waals surface area contributed by atoms with Crippen LogP contribution in [0.5, 0.6) is 0 Å². The van der Waals surface area contributed by atoms with E-state index in [1.807, 2.05) is 0 Å². The molecule has 0 fully saturated rings. The Bertz CT molecular complexity index is 702. The molecule has 1 unspecified atom stereocenters. The zero-order valence-corrected chi connectivity index (χ0v) is 33.3. The maximum absolute atomic E-state index is 12.7. The second-order valence-corrected chi connectivity index (χ2v) is 15.2. The van der Waals surface area contributed by atoms with E-state index in [0.717, 1.165) is 70.6 Å². The van der Waals surface area contributed by atoms with Crippen molar-refractivity contribution in [2.24, 2.45) is 0 Å². The summed E-state index contributed by atoms with van der Waals surface area (Å²) in [5.74, 6) is -0.708. The molecule has 0 amide bonds. The topological polar surface area (TPSA) is 63.6 Å². The number of ether oxygens (including phenoxy) is 1. The number of carbonyl (C=O) groups excluding carboxylic acids is 1. The first-order valence-electron chi connectivity index (χ1n) is 22.2. The van der Waals surface area contributed by atoms with Gasteiger partial charge in [-0.15, -0.1) is 0 Å². The zero-order chi connectivity index (χ0) is 35.7. The van der Waals surface area contributed by atoms with Crippen LogP contribution in [-0.2, 0) is 14.3 Å². The number of carbonyl (C=O) groups is 2. The van der Waals surface area contributed by atoms with Crippen molar-refractivity contribution in [3.63, 3.8) is 0 Å². The quantitative estimate of drug-likeness (QED) is 0.0394. The molecular formula is C45H86O4. The smallest absolute Gasteiger partial charge is 0.306 e. The maximum Gasteiger partial charge on any atom is 0.306 e. The third-order valence-electron chi connectivity index (χ3n) is 10.2. The van der Waals surface area contributed by atoms with E-state index in [0.29, 0.717) is 6.42 Å². The van der Waals surface area contributed by atoms with Crippen LogP contribution in [0.1, 0.15) is 258 Å². The standard InChI is InChI=1S/C45H86O4/c1-3-5-7-9-11-13-15-16-17-18-19-20-21-22-23-25-27-29-34-38-42-45(48)49-43(40-36-32-30-33-37-41-44(46)47)39-35-31-28-26-24-14-12-10-8-6-4-2/h26,28,43H,3-25,27,29-42H2,1-2H3,(H,46,47)/b28-26-. The first-order valence-corrected chi connectivity index (χ1v) is 22.2. The van der Waals surface area contributed by atoms with Crippen molar-refractivity contribution in [2.75, 3.05) is 0 Å². The summed E-state index contributed by atoms with van der Waals surface area (Å²) in [4.78, 5) is 23.4. The molecule has 0 spiro atoms. The predicted octanol–water partition coefficient (Wildman–Crippen LogP) is 15.4. The highest BCUT2D eigenvalue weighted by atomic mass is 16.5. The Morgan fingerprint density at radius 3 is 1.18 bits per heavy atom. The monoisotopic (exact) mass is 691 g/mol. The van der Waals surface area contributed by atoms with Crippen molar-refractivity contribution < 1.29 is 19.4 Å². The molecule has 4 heteroatoms. The summed E-state index contributed by atoms with van der Waals surface area (Å²) in [5, 5.41) is 8.83. The summed E-state index contributed by atoms with van der Waals surface area (Å²) in [6.45, 7) is 4.56. The van der Waals surface area contributed by atoms with Gasteiger partial charge in [0.2, 0.25) is 0 Å². The van der Waals surface area contributed by atoms with Gasteiger partial charge in [-0.1, -0.05) is 199 Å². The van der Waals surface area contributed by atoms with E-state index in [1.54, 1.807) is 0 Å². The highest BCUT2D eigenvalue weighted by Crippen LogP contribution is 2.19. The first kappa shape index (κ1) is 47.7. The average Bonchev–Trinajstić information content (AvgIpc) is 3.09. The normalized spacial score (nSPS) is 12.2. The molecule has 0 radical (unpaired) electrons. The highest BCUT2D eigenvalue weighted by molar-refractivity contribution is 5.69. The summed E-state index contributed by atoms with van der Waals surface area (Å²) < 4.78 is 6.00. The molecule has 0 aromatic heterocycles. The SMILES string of the molecule is CCCCCCCC/C=C\CCCC(CCCCCCCC(=O)O)OC(=O)CCCCCCCCCCCCCCCCCCCCCC. The van der Waals surface area contributed by atoms with Crippen LogP contribution in [0.3, 0.4) is 0 Å². The molecule has 0 aliphatic rings. The first-order chi connectivity index (χ1) is 24.1. The van der Waals surface area contributed by atoms with Gasteiger partial charge in [0, 0.05) is 12.8 Å². The molecule has 0 bridgehead atoms. The molecule has 1 N–H and O–H groups in total. The van der Waals surface area contributed by atoms with Crippen LogP contribution >= 0.6 is 0 Å². The van der Waals surface area contributed by atoms with Crippen molar-refractivity contribution in [1.29, 1.82) is 0 Å². The number of unbranched alkanes of at least 4 members (excludes halogenated alkanes) is 30. The van der Waals surface area contributed by atoms with Gasteiger partial charge in [0.05, 0.1) is 0 Å². The van der Waals surface area contributed by atoms with Crippen LogP contribution in [0.4, 0.5) is 0 Å². The Morgan fingerprint density at radius 1 is 0.429 bits per heavy atom. The fourth-order valence-corrected chi connectivity index (χ4v) is 6.95. The van der Waals surface area contributed by atoms with Gasteiger partial charge in [-0.25, -0.2) is 0 Å². The number of hydrogen-bond acceptors (Lipinski definition) is 3. The molecule has 0 aliphatic heterocycles. The second-order valence-electron chi connectivity index (χ2n) is 15.2. The van der Waals surface area contributed by atoms with Gasteiger partial charge >= 0.3 is 11.9 Å². The lowest BCUT2D eigenvalue weighted by atomic mass is 10.0. The van der Waals surface area contributed by atoms with Gasteiger partial charge in [-0.2, -0.15) is 0 Å². The third-order valence-corrected chi connectivity index (χ3v) is 10.2. The van der Waals surface area contributed by atoms with Crippen LogP contribution in [-0.4, -0.2) is 23.1 Å². The molecule has 290 valence electrons. The Labute approximate surface area is 306 Å². The largest absolute Gasteiger partial charge is 0.481 e. The van der Waals surface area contributed by atoms with E-state index >= 15 is 0 Å². The van der Waals surface area contributed by atoms with Crippen molar-refractivity contribution in [2.45, 2.75) is 264 Å². The lowest BCUT2D eigenvalue weighted by Gasteiger charge is -2.18. The Hall–Kier alpha value is -1.32. The third kappa shape index (κ3) is 41.0. The summed E-state index contributed by atoms with van der Waals surface area (Å²) in [7, 11) is 0. The van der Waals surface area contributed by atoms with Crippen LogP contribution in [0.2, 0.25) is 0 Å². The van der Waals surface area contributed by atoms with E-state index in [9.17, 15) is 9.59 Å². The Morgan fingerprint density at radius 2 is 0.755 bits per heavy atom. The van der Waals surface area contributed by atoms with E-state index in [1.165, 1.54) is 161 Å². The molecule has 0 aromatic carbocycles. The van der Waals surface area contributed by atoms with Crippen LogP contribution in [0.15, 0.2) is 12.2 Å².